The third-order valence-corrected chi connectivity index (χ3v) is 4.12. The quantitative estimate of drug-likeness (QED) is 0.747. The van der Waals surface area contributed by atoms with E-state index in [1.54, 1.807) is 29.9 Å². The molecule has 2 heterocycles. The highest BCUT2D eigenvalue weighted by molar-refractivity contribution is 5.93. The highest BCUT2D eigenvalue weighted by atomic mass is 16.4. The number of rotatable bonds is 5. The Balaban J connectivity index is 2.22. The van der Waals surface area contributed by atoms with Crippen molar-refractivity contribution < 1.29 is 15.0 Å². The number of aryl methyl sites for hydroxylation is 1. The molecule has 0 unspecified atom stereocenters. The molecule has 0 amide bonds. The predicted molar refractivity (Wildman–Crippen MR) is 94.4 cm³/mol. The Morgan fingerprint density at radius 2 is 2.00 bits per heavy atom. The second-order valence-corrected chi connectivity index (χ2v) is 5.85. The largest absolute Gasteiger partial charge is 0.478 e. The number of nitrogens with zero attached hydrogens (tertiary/aromatic N) is 3. The molecule has 0 aliphatic rings. The zero-order valence-corrected chi connectivity index (χ0v) is 14.1. The number of aromatic carboxylic acids is 1. The van der Waals surface area contributed by atoms with Gasteiger partial charge in [-0.05, 0) is 43.2 Å². The predicted octanol–water partition coefficient (Wildman–Crippen LogP) is 2.92. The van der Waals surface area contributed by atoms with Crippen LogP contribution >= 0.6 is 0 Å². The summed E-state index contributed by atoms with van der Waals surface area (Å²) < 4.78 is 1.67. The minimum atomic E-state index is -0.955. The first-order chi connectivity index (χ1) is 12.0. The Labute approximate surface area is 145 Å². The van der Waals surface area contributed by atoms with E-state index in [4.69, 9.17) is 0 Å². The van der Waals surface area contributed by atoms with Gasteiger partial charge in [0.25, 0.3) is 0 Å². The van der Waals surface area contributed by atoms with Gasteiger partial charge >= 0.3 is 5.97 Å². The van der Waals surface area contributed by atoms with Crippen LogP contribution in [0.3, 0.4) is 0 Å². The second kappa shape index (κ2) is 6.86. The third-order valence-electron chi connectivity index (χ3n) is 4.12. The van der Waals surface area contributed by atoms with Crippen LogP contribution in [0.1, 0.15) is 21.6 Å². The summed E-state index contributed by atoms with van der Waals surface area (Å²) in [5, 5.41) is 23.2. The van der Waals surface area contributed by atoms with E-state index < -0.39 is 5.97 Å². The van der Waals surface area contributed by atoms with Crippen LogP contribution in [-0.2, 0) is 6.54 Å². The van der Waals surface area contributed by atoms with E-state index in [2.05, 4.69) is 10.1 Å². The zero-order valence-electron chi connectivity index (χ0n) is 14.1. The fourth-order valence-electron chi connectivity index (χ4n) is 2.90. The molecule has 0 aliphatic carbocycles. The van der Waals surface area contributed by atoms with Crippen LogP contribution in [0.15, 0.2) is 42.7 Å². The fraction of sp³-hybridized carbons (Fsp3) is 0.211. The maximum atomic E-state index is 11.5. The number of pyridine rings is 1. The zero-order chi connectivity index (χ0) is 18.0. The van der Waals surface area contributed by atoms with E-state index in [9.17, 15) is 15.0 Å². The second-order valence-electron chi connectivity index (χ2n) is 5.85. The first-order valence-corrected chi connectivity index (χ1v) is 7.96. The van der Waals surface area contributed by atoms with Crippen molar-refractivity contribution in [2.75, 3.05) is 6.61 Å². The summed E-state index contributed by atoms with van der Waals surface area (Å²) in [6.45, 7) is 4.05. The minimum absolute atomic E-state index is 0.0237. The van der Waals surface area contributed by atoms with Gasteiger partial charge in [0, 0.05) is 29.2 Å². The number of carbonyl (C=O) groups is 1. The lowest BCUT2D eigenvalue weighted by Crippen LogP contribution is -2.02. The Kier molecular flexibility index (Phi) is 4.63. The van der Waals surface area contributed by atoms with E-state index >= 15 is 0 Å². The van der Waals surface area contributed by atoms with Gasteiger partial charge in [-0.2, -0.15) is 5.10 Å². The molecule has 0 aliphatic heterocycles. The summed E-state index contributed by atoms with van der Waals surface area (Å²) in [5.41, 5.74) is 5.11. The molecular formula is C19H19N3O3. The first-order valence-electron chi connectivity index (χ1n) is 7.96. The van der Waals surface area contributed by atoms with Crippen LogP contribution in [0.5, 0.6) is 0 Å². The Morgan fingerprint density at radius 3 is 2.68 bits per heavy atom. The van der Waals surface area contributed by atoms with Crippen molar-refractivity contribution in [3.05, 3.63) is 59.5 Å². The Morgan fingerprint density at radius 1 is 1.20 bits per heavy atom. The van der Waals surface area contributed by atoms with Crippen molar-refractivity contribution in [3.63, 3.8) is 0 Å². The standard InChI is InChI=1S/C19H19N3O3/c1-12-10-14(6-7-20-12)18-17(11-22(21-18)8-9-23)15-4-3-5-16(13(15)2)19(24)25/h3-7,10-11,23H,8-9H2,1-2H3,(H,24,25). The van der Waals surface area contributed by atoms with Crippen molar-refractivity contribution in [3.8, 4) is 22.4 Å². The number of carboxylic acids is 1. The van der Waals surface area contributed by atoms with Gasteiger partial charge in [0.1, 0.15) is 5.69 Å². The topological polar surface area (TPSA) is 88.2 Å². The lowest BCUT2D eigenvalue weighted by atomic mass is 9.95. The number of aromatic nitrogens is 3. The maximum absolute atomic E-state index is 11.5. The Bertz CT molecular complexity index is 931. The lowest BCUT2D eigenvalue weighted by molar-refractivity contribution is 0.0696. The Hall–Kier alpha value is -2.99. The van der Waals surface area contributed by atoms with Gasteiger partial charge in [0.2, 0.25) is 0 Å². The van der Waals surface area contributed by atoms with Crippen LogP contribution in [-0.4, -0.2) is 37.6 Å². The number of hydrogen-bond acceptors (Lipinski definition) is 4. The van der Waals surface area contributed by atoms with E-state index in [1.807, 2.05) is 31.3 Å². The van der Waals surface area contributed by atoms with Crippen molar-refractivity contribution >= 4 is 5.97 Å². The van der Waals surface area contributed by atoms with E-state index in [0.29, 0.717) is 12.1 Å². The van der Waals surface area contributed by atoms with Gasteiger partial charge in [0.15, 0.2) is 0 Å². The molecule has 0 saturated carbocycles. The van der Waals surface area contributed by atoms with E-state index in [1.165, 1.54) is 0 Å². The van der Waals surface area contributed by atoms with Crippen molar-refractivity contribution in [2.24, 2.45) is 0 Å². The van der Waals surface area contributed by atoms with Crippen LogP contribution < -0.4 is 0 Å². The highest BCUT2D eigenvalue weighted by Gasteiger charge is 2.18. The monoisotopic (exact) mass is 337 g/mol. The first kappa shape index (κ1) is 16.9. The summed E-state index contributed by atoms with van der Waals surface area (Å²) in [6, 6.07) is 9.02. The van der Waals surface area contributed by atoms with Gasteiger partial charge in [-0.15, -0.1) is 0 Å². The van der Waals surface area contributed by atoms with Gasteiger partial charge in [-0.3, -0.25) is 9.67 Å². The summed E-state index contributed by atoms with van der Waals surface area (Å²) in [5.74, 6) is -0.955. The average Bonchev–Trinajstić information content (AvgIpc) is 2.99. The van der Waals surface area contributed by atoms with E-state index in [0.717, 1.165) is 28.1 Å². The van der Waals surface area contributed by atoms with Gasteiger partial charge in [-0.1, -0.05) is 12.1 Å². The van der Waals surface area contributed by atoms with Gasteiger partial charge in [0.05, 0.1) is 18.7 Å². The molecule has 0 bridgehead atoms. The van der Waals surface area contributed by atoms with Crippen molar-refractivity contribution in [1.29, 1.82) is 0 Å². The van der Waals surface area contributed by atoms with Crippen LogP contribution in [0.2, 0.25) is 0 Å². The fourth-order valence-corrected chi connectivity index (χ4v) is 2.90. The number of aliphatic hydroxyl groups excluding tert-OH is 1. The van der Waals surface area contributed by atoms with Gasteiger partial charge in [-0.25, -0.2) is 4.79 Å². The highest BCUT2D eigenvalue weighted by Crippen LogP contribution is 2.34. The molecule has 3 aromatic rings. The molecule has 1 aromatic carbocycles. The number of hydrogen-bond donors (Lipinski definition) is 2. The summed E-state index contributed by atoms with van der Waals surface area (Å²) in [4.78, 5) is 15.7. The summed E-state index contributed by atoms with van der Waals surface area (Å²) in [7, 11) is 0. The molecule has 128 valence electrons. The summed E-state index contributed by atoms with van der Waals surface area (Å²) in [6.07, 6.45) is 3.56. The molecule has 2 N–H and O–H groups in total. The SMILES string of the molecule is Cc1cc(-c2nn(CCO)cc2-c2cccc(C(=O)O)c2C)ccn1. The minimum Gasteiger partial charge on any atom is -0.478 e. The van der Waals surface area contributed by atoms with Crippen molar-refractivity contribution in [2.45, 2.75) is 20.4 Å². The van der Waals surface area contributed by atoms with Crippen LogP contribution in [0.4, 0.5) is 0 Å². The average molecular weight is 337 g/mol. The normalized spacial score (nSPS) is 10.8. The molecule has 6 heteroatoms. The van der Waals surface area contributed by atoms with Gasteiger partial charge < -0.3 is 10.2 Å². The smallest absolute Gasteiger partial charge is 0.335 e. The number of aliphatic hydroxyl groups is 1. The molecule has 0 radical (unpaired) electrons. The maximum Gasteiger partial charge on any atom is 0.335 e. The molecule has 25 heavy (non-hydrogen) atoms. The van der Waals surface area contributed by atoms with Crippen LogP contribution in [0.25, 0.3) is 22.4 Å². The molecule has 0 saturated heterocycles. The molecule has 0 spiro atoms. The molecule has 2 aromatic heterocycles. The molecule has 0 fully saturated rings. The molecule has 6 nitrogen and oxygen atoms in total. The number of carboxylic acid groups (broad SMARTS) is 1. The lowest BCUT2D eigenvalue weighted by Gasteiger charge is -2.09. The molecule has 0 atom stereocenters. The van der Waals surface area contributed by atoms with Crippen LogP contribution in [0, 0.1) is 13.8 Å². The summed E-state index contributed by atoms with van der Waals surface area (Å²) >= 11 is 0. The molecular weight excluding hydrogens is 318 g/mol. The third kappa shape index (κ3) is 3.29. The molecule has 3 rings (SSSR count). The van der Waals surface area contributed by atoms with Crippen molar-refractivity contribution in [1.82, 2.24) is 14.8 Å². The van der Waals surface area contributed by atoms with E-state index in [-0.39, 0.29) is 12.2 Å². The number of benzene rings is 1.